The van der Waals surface area contributed by atoms with Crippen LogP contribution in [0.25, 0.3) is 0 Å². The van der Waals surface area contributed by atoms with E-state index in [-0.39, 0.29) is 11.9 Å². The van der Waals surface area contributed by atoms with E-state index < -0.39 is 0 Å². The lowest BCUT2D eigenvalue weighted by Crippen LogP contribution is -2.41. The molecule has 1 aliphatic heterocycles. The number of pyridine rings is 1. The third-order valence-electron chi connectivity index (χ3n) is 2.93. The fourth-order valence-electron chi connectivity index (χ4n) is 2.16. The summed E-state index contributed by atoms with van der Waals surface area (Å²) in [5.74, 6) is 0.211. The Kier molecular flexibility index (Phi) is 3.74. The summed E-state index contributed by atoms with van der Waals surface area (Å²) in [6.07, 6.45) is 4.46. The van der Waals surface area contributed by atoms with Gasteiger partial charge in [-0.2, -0.15) is 0 Å². The average molecular weight is 233 g/mol. The molecule has 4 heteroatoms. The smallest absolute Gasteiger partial charge is 0.240 e. The van der Waals surface area contributed by atoms with Gasteiger partial charge in [0, 0.05) is 31.5 Å². The van der Waals surface area contributed by atoms with Crippen molar-refractivity contribution in [2.24, 2.45) is 0 Å². The number of nitrogens with one attached hydrogen (secondary N) is 1. The molecule has 4 nitrogen and oxygen atoms in total. The fraction of sp³-hybridized carbons (Fsp3) is 0.538. The van der Waals surface area contributed by atoms with Gasteiger partial charge >= 0.3 is 0 Å². The molecule has 0 saturated carbocycles. The summed E-state index contributed by atoms with van der Waals surface area (Å²) in [6.45, 7) is 5.63. The summed E-state index contributed by atoms with van der Waals surface area (Å²) in [4.78, 5) is 18.1. The lowest BCUT2D eigenvalue weighted by molar-refractivity contribution is -0.130. The van der Waals surface area contributed by atoms with Gasteiger partial charge in [-0.3, -0.25) is 9.78 Å². The number of carbonyl (C=O) groups is 1. The molecule has 1 unspecified atom stereocenters. The first-order valence-corrected chi connectivity index (χ1v) is 6.10. The third-order valence-corrected chi connectivity index (χ3v) is 2.93. The number of likely N-dealkylation sites (tertiary alicyclic amines) is 1. The molecule has 17 heavy (non-hydrogen) atoms. The van der Waals surface area contributed by atoms with Crippen molar-refractivity contribution in [2.75, 3.05) is 6.54 Å². The van der Waals surface area contributed by atoms with Crippen LogP contribution in [0.5, 0.6) is 0 Å². The topological polar surface area (TPSA) is 45.2 Å². The predicted octanol–water partition coefficient (Wildman–Crippen LogP) is 1.18. The van der Waals surface area contributed by atoms with Crippen molar-refractivity contribution in [1.29, 1.82) is 0 Å². The van der Waals surface area contributed by atoms with Gasteiger partial charge in [0.1, 0.15) is 0 Å². The standard InChI is InChI=1S/C13H19N3O/c1-10(2)15-12-5-7-16(13(12)17)9-11-4-3-6-14-8-11/h3-4,6,8,10,12,15H,5,7,9H2,1-2H3. The number of aromatic nitrogens is 1. The highest BCUT2D eigenvalue weighted by molar-refractivity contribution is 5.84. The Morgan fingerprint density at radius 3 is 3.06 bits per heavy atom. The molecule has 1 saturated heterocycles. The van der Waals surface area contributed by atoms with Crippen LogP contribution in [0.1, 0.15) is 25.8 Å². The van der Waals surface area contributed by atoms with Crippen LogP contribution in [-0.2, 0) is 11.3 Å². The lowest BCUT2D eigenvalue weighted by Gasteiger charge is -2.18. The molecule has 0 aromatic carbocycles. The fourth-order valence-corrected chi connectivity index (χ4v) is 2.16. The van der Waals surface area contributed by atoms with E-state index in [9.17, 15) is 4.79 Å². The Balaban J connectivity index is 1.94. The van der Waals surface area contributed by atoms with Gasteiger partial charge < -0.3 is 10.2 Å². The number of rotatable bonds is 4. The molecule has 2 rings (SSSR count). The van der Waals surface area contributed by atoms with Crippen LogP contribution >= 0.6 is 0 Å². The minimum atomic E-state index is -0.00771. The monoisotopic (exact) mass is 233 g/mol. The molecular formula is C13H19N3O. The van der Waals surface area contributed by atoms with Gasteiger partial charge in [0.2, 0.25) is 5.91 Å². The zero-order chi connectivity index (χ0) is 12.3. The van der Waals surface area contributed by atoms with E-state index in [1.165, 1.54) is 0 Å². The molecule has 0 bridgehead atoms. The van der Waals surface area contributed by atoms with E-state index in [1.54, 1.807) is 6.20 Å². The SMILES string of the molecule is CC(C)NC1CCN(Cc2cccnc2)C1=O. The third kappa shape index (κ3) is 3.03. The van der Waals surface area contributed by atoms with Crippen LogP contribution in [0, 0.1) is 0 Å². The molecular weight excluding hydrogens is 214 g/mol. The minimum Gasteiger partial charge on any atom is -0.337 e. The second kappa shape index (κ2) is 5.27. The van der Waals surface area contributed by atoms with E-state index in [2.05, 4.69) is 24.1 Å². The normalized spacial score (nSPS) is 20.3. The highest BCUT2D eigenvalue weighted by Crippen LogP contribution is 2.15. The van der Waals surface area contributed by atoms with E-state index in [0.717, 1.165) is 18.5 Å². The molecule has 0 radical (unpaired) electrons. The molecule has 0 spiro atoms. The summed E-state index contributed by atoms with van der Waals surface area (Å²) in [5, 5.41) is 3.30. The van der Waals surface area contributed by atoms with Crippen molar-refractivity contribution in [3.8, 4) is 0 Å². The summed E-state index contributed by atoms with van der Waals surface area (Å²) < 4.78 is 0. The van der Waals surface area contributed by atoms with Crippen molar-refractivity contribution < 1.29 is 4.79 Å². The van der Waals surface area contributed by atoms with Crippen LogP contribution in [0.2, 0.25) is 0 Å². The Bertz CT molecular complexity index is 378. The minimum absolute atomic E-state index is 0.00771. The van der Waals surface area contributed by atoms with E-state index in [4.69, 9.17) is 0 Å². The van der Waals surface area contributed by atoms with Gasteiger partial charge in [0.05, 0.1) is 6.04 Å². The molecule has 1 atom stereocenters. The molecule has 1 aromatic heterocycles. The van der Waals surface area contributed by atoms with Crippen molar-refractivity contribution in [2.45, 2.75) is 38.9 Å². The van der Waals surface area contributed by atoms with Gasteiger partial charge in [-0.25, -0.2) is 0 Å². The van der Waals surface area contributed by atoms with Crippen LogP contribution < -0.4 is 5.32 Å². The van der Waals surface area contributed by atoms with Crippen molar-refractivity contribution in [3.63, 3.8) is 0 Å². The molecule has 92 valence electrons. The summed E-state index contributed by atoms with van der Waals surface area (Å²) in [6, 6.07) is 4.25. The maximum Gasteiger partial charge on any atom is 0.240 e. The zero-order valence-corrected chi connectivity index (χ0v) is 10.4. The highest BCUT2D eigenvalue weighted by Gasteiger charge is 2.31. The Morgan fingerprint density at radius 2 is 2.41 bits per heavy atom. The summed E-state index contributed by atoms with van der Waals surface area (Å²) >= 11 is 0. The molecule has 0 aliphatic carbocycles. The summed E-state index contributed by atoms with van der Waals surface area (Å²) in [7, 11) is 0. The van der Waals surface area contributed by atoms with Gasteiger partial charge in [-0.05, 0) is 18.1 Å². The molecule has 1 fully saturated rings. The number of amides is 1. The quantitative estimate of drug-likeness (QED) is 0.849. The zero-order valence-electron chi connectivity index (χ0n) is 10.4. The van der Waals surface area contributed by atoms with Crippen molar-refractivity contribution in [1.82, 2.24) is 15.2 Å². The summed E-state index contributed by atoms with van der Waals surface area (Å²) in [5.41, 5.74) is 1.09. The first-order chi connectivity index (χ1) is 8.16. The molecule has 1 N–H and O–H groups in total. The van der Waals surface area contributed by atoms with Crippen LogP contribution in [0.3, 0.4) is 0 Å². The number of hydrogen-bond acceptors (Lipinski definition) is 3. The first kappa shape index (κ1) is 12.0. The van der Waals surface area contributed by atoms with Gasteiger partial charge in [0.25, 0.3) is 0 Å². The van der Waals surface area contributed by atoms with Crippen molar-refractivity contribution >= 4 is 5.91 Å². The largest absolute Gasteiger partial charge is 0.337 e. The van der Waals surface area contributed by atoms with Gasteiger partial charge in [-0.1, -0.05) is 19.9 Å². The maximum atomic E-state index is 12.1. The second-order valence-corrected chi connectivity index (χ2v) is 4.78. The Morgan fingerprint density at radius 1 is 1.59 bits per heavy atom. The highest BCUT2D eigenvalue weighted by atomic mass is 16.2. The Hall–Kier alpha value is -1.42. The van der Waals surface area contributed by atoms with E-state index >= 15 is 0 Å². The van der Waals surface area contributed by atoms with Crippen LogP contribution in [-0.4, -0.2) is 34.4 Å². The number of carbonyl (C=O) groups excluding carboxylic acids is 1. The molecule has 1 aliphatic rings. The Labute approximate surface area is 102 Å². The molecule has 1 amide bonds. The molecule has 1 aromatic rings. The van der Waals surface area contributed by atoms with Crippen LogP contribution in [0.15, 0.2) is 24.5 Å². The maximum absolute atomic E-state index is 12.1. The van der Waals surface area contributed by atoms with Crippen LogP contribution in [0.4, 0.5) is 0 Å². The van der Waals surface area contributed by atoms with Crippen molar-refractivity contribution in [3.05, 3.63) is 30.1 Å². The average Bonchev–Trinajstić information content (AvgIpc) is 2.62. The second-order valence-electron chi connectivity index (χ2n) is 4.78. The molecule has 2 heterocycles. The lowest BCUT2D eigenvalue weighted by atomic mass is 10.2. The van der Waals surface area contributed by atoms with Gasteiger partial charge in [-0.15, -0.1) is 0 Å². The first-order valence-electron chi connectivity index (χ1n) is 6.10. The van der Waals surface area contributed by atoms with E-state index in [0.29, 0.717) is 12.6 Å². The van der Waals surface area contributed by atoms with Gasteiger partial charge in [0.15, 0.2) is 0 Å². The number of hydrogen-bond donors (Lipinski definition) is 1. The predicted molar refractivity (Wildman–Crippen MR) is 66.3 cm³/mol. The number of nitrogens with zero attached hydrogens (tertiary/aromatic N) is 2. The van der Waals surface area contributed by atoms with E-state index in [1.807, 2.05) is 23.2 Å².